The number of amides is 1. The molecule has 0 radical (unpaired) electrons. The molecular weight excluding hydrogens is 362 g/mol. The van der Waals surface area contributed by atoms with Crippen LogP contribution in [0.3, 0.4) is 0 Å². The molecule has 0 aliphatic heterocycles. The number of benzene rings is 3. The number of nitrogens with one attached hydrogen (secondary N) is 1. The summed E-state index contributed by atoms with van der Waals surface area (Å²) in [4.78, 5) is 16.4. The number of ether oxygens (including phenoxy) is 1. The topological polar surface area (TPSA) is 56.1 Å². The predicted octanol–water partition coefficient (Wildman–Crippen LogP) is 4.56. The number of para-hydroxylation sites is 2. The van der Waals surface area contributed by atoms with E-state index >= 15 is 0 Å². The number of rotatable bonds is 9. The fraction of sp³-hybridized carbons (Fsp3) is 0.250. The number of aromatic nitrogens is 2. The standard InChI is InChI=1S/C24H25N3O2/c28-24(25-15-7-16-27-18-26-21-11-3-4-12-22(21)27)14-6-17-29-23-13-5-9-19-8-1-2-10-20(19)23/h1-5,8-13,18H,6-7,14-17H2,(H,25,28). The molecule has 29 heavy (non-hydrogen) atoms. The number of carbonyl (C=O) groups is 1. The Morgan fingerprint density at radius 1 is 0.966 bits per heavy atom. The quantitative estimate of drug-likeness (QED) is 0.429. The van der Waals surface area contributed by atoms with E-state index in [9.17, 15) is 4.79 Å². The zero-order chi connectivity index (χ0) is 19.9. The van der Waals surface area contributed by atoms with Crippen molar-refractivity contribution in [2.75, 3.05) is 13.2 Å². The van der Waals surface area contributed by atoms with Crippen LogP contribution in [0.5, 0.6) is 5.75 Å². The van der Waals surface area contributed by atoms with Crippen LogP contribution in [0.15, 0.2) is 73.1 Å². The van der Waals surface area contributed by atoms with Gasteiger partial charge in [0.15, 0.2) is 0 Å². The molecule has 0 bridgehead atoms. The van der Waals surface area contributed by atoms with E-state index in [0.29, 0.717) is 26.0 Å². The van der Waals surface area contributed by atoms with Gasteiger partial charge in [-0.1, -0.05) is 48.5 Å². The van der Waals surface area contributed by atoms with Gasteiger partial charge >= 0.3 is 0 Å². The van der Waals surface area contributed by atoms with E-state index in [4.69, 9.17) is 4.74 Å². The number of nitrogens with zero attached hydrogens (tertiary/aromatic N) is 2. The third-order valence-corrected chi connectivity index (χ3v) is 4.98. The second-order valence-electron chi connectivity index (χ2n) is 7.06. The second-order valence-corrected chi connectivity index (χ2v) is 7.06. The molecule has 3 aromatic carbocycles. The van der Waals surface area contributed by atoms with Gasteiger partial charge in [-0.05, 0) is 36.4 Å². The highest BCUT2D eigenvalue weighted by Gasteiger charge is 2.05. The van der Waals surface area contributed by atoms with E-state index in [1.54, 1.807) is 0 Å². The lowest BCUT2D eigenvalue weighted by Gasteiger charge is -2.10. The lowest BCUT2D eigenvalue weighted by Crippen LogP contribution is -2.25. The van der Waals surface area contributed by atoms with Gasteiger partial charge in [0, 0.05) is 24.9 Å². The van der Waals surface area contributed by atoms with Gasteiger partial charge in [0.1, 0.15) is 5.75 Å². The summed E-state index contributed by atoms with van der Waals surface area (Å²) in [5, 5.41) is 5.26. The Balaban J connectivity index is 1.15. The first-order valence-corrected chi connectivity index (χ1v) is 10.1. The molecule has 4 aromatic rings. The van der Waals surface area contributed by atoms with Crippen LogP contribution in [-0.4, -0.2) is 28.6 Å². The van der Waals surface area contributed by atoms with Gasteiger partial charge in [-0.25, -0.2) is 4.98 Å². The van der Waals surface area contributed by atoms with Crippen LogP contribution >= 0.6 is 0 Å². The minimum Gasteiger partial charge on any atom is -0.493 e. The first kappa shape index (κ1) is 19.0. The molecule has 0 saturated heterocycles. The fourth-order valence-electron chi connectivity index (χ4n) is 3.49. The maximum atomic E-state index is 12.1. The second kappa shape index (κ2) is 9.24. The maximum Gasteiger partial charge on any atom is 0.220 e. The highest BCUT2D eigenvalue weighted by atomic mass is 16.5. The van der Waals surface area contributed by atoms with Gasteiger partial charge in [0.2, 0.25) is 5.91 Å². The molecule has 0 aliphatic carbocycles. The summed E-state index contributed by atoms with van der Waals surface area (Å²) in [6.07, 6.45) is 3.90. The first-order valence-electron chi connectivity index (χ1n) is 10.1. The number of aryl methyl sites for hydroxylation is 1. The summed E-state index contributed by atoms with van der Waals surface area (Å²) in [5.41, 5.74) is 2.13. The molecule has 0 unspecified atom stereocenters. The smallest absolute Gasteiger partial charge is 0.220 e. The van der Waals surface area contributed by atoms with Crippen LogP contribution < -0.4 is 10.1 Å². The molecule has 148 valence electrons. The molecular formula is C24H25N3O2. The van der Waals surface area contributed by atoms with Gasteiger partial charge in [-0.3, -0.25) is 4.79 Å². The molecule has 1 heterocycles. The number of carbonyl (C=O) groups excluding carboxylic acids is 1. The lowest BCUT2D eigenvalue weighted by molar-refractivity contribution is -0.121. The summed E-state index contributed by atoms with van der Waals surface area (Å²) < 4.78 is 8.02. The van der Waals surface area contributed by atoms with Crippen molar-refractivity contribution in [2.24, 2.45) is 0 Å². The molecule has 0 aliphatic rings. The van der Waals surface area contributed by atoms with Crippen LogP contribution in [0, 0.1) is 0 Å². The zero-order valence-electron chi connectivity index (χ0n) is 16.4. The van der Waals surface area contributed by atoms with Crippen molar-refractivity contribution in [1.82, 2.24) is 14.9 Å². The van der Waals surface area contributed by atoms with Gasteiger partial charge in [0.05, 0.1) is 24.0 Å². The van der Waals surface area contributed by atoms with Crippen LogP contribution in [-0.2, 0) is 11.3 Å². The van der Waals surface area contributed by atoms with Crippen molar-refractivity contribution in [3.63, 3.8) is 0 Å². The summed E-state index contributed by atoms with van der Waals surface area (Å²) >= 11 is 0. The third-order valence-electron chi connectivity index (χ3n) is 4.98. The normalized spacial score (nSPS) is 11.0. The predicted molar refractivity (Wildman–Crippen MR) is 116 cm³/mol. The highest BCUT2D eigenvalue weighted by molar-refractivity contribution is 5.88. The molecule has 0 saturated carbocycles. The number of imidazole rings is 1. The van der Waals surface area contributed by atoms with E-state index < -0.39 is 0 Å². The molecule has 4 rings (SSSR count). The van der Waals surface area contributed by atoms with Crippen molar-refractivity contribution in [1.29, 1.82) is 0 Å². The summed E-state index contributed by atoms with van der Waals surface area (Å²) in [6.45, 7) is 2.03. The number of hydrogen-bond acceptors (Lipinski definition) is 3. The molecule has 1 N–H and O–H groups in total. The van der Waals surface area contributed by atoms with Crippen LogP contribution in [0.2, 0.25) is 0 Å². The third kappa shape index (κ3) is 4.74. The average molecular weight is 387 g/mol. The van der Waals surface area contributed by atoms with E-state index in [1.807, 2.05) is 48.8 Å². The number of fused-ring (bicyclic) bond motifs is 2. The first-order chi connectivity index (χ1) is 14.3. The Bertz CT molecular complexity index is 1100. The Morgan fingerprint density at radius 2 is 1.79 bits per heavy atom. The van der Waals surface area contributed by atoms with E-state index in [1.165, 1.54) is 0 Å². The average Bonchev–Trinajstić information content (AvgIpc) is 3.17. The van der Waals surface area contributed by atoms with E-state index in [-0.39, 0.29) is 5.91 Å². The van der Waals surface area contributed by atoms with Crippen molar-refractivity contribution < 1.29 is 9.53 Å². The molecule has 0 atom stereocenters. The van der Waals surface area contributed by atoms with Crippen molar-refractivity contribution >= 4 is 27.7 Å². The Kier molecular flexibility index (Phi) is 6.05. The Morgan fingerprint density at radius 3 is 2.76 bits per heavy atom. The molecule has 5 heteroatoms. The van der Waals surface area contributed by atoms with E-state index in [0.717, 1.165) is 40.5 Å². The van der Waals surface area contributed by atoms with Gasteiger partial charge < -0.3 is 14.6 Å². The van der Waals surface area contributed by atoms with E-state index in [2.05, 4.69) is 39.1 Å². The minimum absolute atomic E-state index is 0.0713. The SMILES string of the molecule is O=C(CCCOc1cccc2ccccc12)NCCCn1cnc2ccccc21. The lowest BCUT2D eigenvalue weighted by atomic mass is 10.1. The molecule has 1 amide bonds. The minimum atomic E-state index is 0.0713. The summed E-state index contributed by atoms with van der Waals surface area (Å²) in [5.74, 6) is 0.943. The van der Waals surface area contributed by atoms with Crippen molar-refractivity contribution in [3.05, 3.63) is 73.1 Å². The highest BCUT2D eigenvalue weighted by Crippen LogP contribution is 2.25. The van der Waals surface area contributed by atoms with Crippen LogP contribution in [0.4, 0.5) is 0 Å². The molecule has 1 aromatic heterocycles. The van der Waals surface area contributed by atoms with Crippen LogP contribution in [0.25, 0.3) is 21.8 Å². The van der Waals surface area contributed by atoms with Crippen molar-refractivity contribution in [2.45, 2.75) is 25.8 Å². The van der Waals surface area contributed by atoms with Gasteiger partial charge in [-0.15, -0.1) is 0 Å². The maximum absolute atomic E-state index is 12.1. The van der Waals surface area contributed by atoms with Gasteiger partial charge in [-0.2, -0.15) is 0 Å². The summed E-state index contributed by atoms with van der Waals surface area (Å²) in [7, 11) is 0. The molecule has 0 fully saturated rings. The molecule has 0 spiro atoms. The molecule has 5 nitrogen and oxygen atoms in total. The Labute approximate surface area is 170 Å². The summed E-state index contributed by atoms with van der Waals surface area (Å²) in [6, 6.07) is 22.3. The van der Waals surface area contributed by atoms with Crippen molar-refractivity contribution in [3.8, 4) is 5.75 Å². The van der Waals surface area contributed by atoms with Crippen LogP contribution in [0.1, 0.15) is 19.3 Å². The largest absolute Gasteiger partial charge is 0.493 e. The zero-order valence-corrected chi connectivity index (χ0v) is 16.4. The van der Waals surface area contributed by atoms with Gasteiger partial charge in [0.25, 0.3) is 0 Å². The number of hydrogen-bond donors (Lipinski definition) is 1. The Hall–Kier alpha value is -3.34. The monoisotopic (exact) mass is 387 g/mol. The fourth-order valence-corrected chi connectivity index (χ4v) is 3.49.